The van der Waals surface area contributed by atoms with Gasteiger partial charge in [-0.15, -0.1) is 0 Å². The molecule has 0 saturated heterocycles. The average Bonchev–Trinajstić information content (AvgIpc) is 2.57. The molecule has 3 rings (SSSR count). The van der Waals surface area contributed by atoms with Gasteiger partial charge in [-0.05, 0) is 30.7 Å². The highest BCUT2D eigenvalue weighted by molar-refractivity contribution is 6.05. The molecule has 0 atom stereocenters. The molecule has 0 radical (unpaired) electrons. The van der Waals surface area contributed by atoms with Crippen LogP contribution in [0.2, 0.25) is 0 Å². The van der Waals surface area contributed by atoms with Crippen LogP contribution in [-0.4, -0.2) is 24.8 Å². The molecule has 1 amide bonds. The van der Waals surface area contributed by atoms with Gasteiger partial charge in [-0.3, -0.25) is 9.79 Å². The van der Waals surface area contributed by atoms with Crippen molar-refractivity contribution < 1.29 is 4.79 Å². The molecule has 106 valence electrons. The summed E-state index contributed by atoms with van der Waals surface area (Å²) in [4.78, 5) is 16.6. The second-order valence-electron chi connectivity index (χ2n) is 4.91. The van der Waals surface area contributed by atoms with Crippen LogP contribution >= 0.6 is 0 Å². The van der Waals surface area contributed by atoms with Gasteiger partial charge in [-0.1, -0.05) is 30.3 Å². The first-order chi connectivity index (χ1) is 10.3. The average molecular weight is 279 g/mol. The van der Waals surface area contributed by atoms with E-state index in [4.69, 9.17) is 0 Å². The van der Waals surface area contributed by atoms with Crippen LogP contribution in [0, 0.1) is 0 Å². The molecule has 0 saturated carbocycles. The second kappa shape index (κ2) is 6.22. The first kappa shape index (κ1) is 13.4. The normalized spacial score (nSPS) is 14.0. The molecular formula is C17H17N3O. The van der Waals surface area contributed by atoms with E-state index in [0.717, 1.165) is 36.6 Å². The van der Waals surface area contributed by atoms with Crippen LogP contribution in [0.1, 0.15) is 22.3 Å². The van der Waals surface area contributed by atoms with Gasteiger partial charge in [0.1, 0.15) is 5.84 Å². The Morgan fingerprint density at radius 3 is 2.71 bits per heavy atom. The summed E-state index contributed by atoms with van der Waals surface area (Å²) in [7, 11) is 0. The molecule has 1 aliphatic rings. The summed E-state index contributed by atoms with van der Waals surface area (Å²) in [5, 5.41) is 6.20. The third-order valence-corrected chi connectivity index (χ3v) is 3.33. The molecule has 4 nitrogen and oxygen atoms in total. The number of rotatable bonds is 3. The van der Waals surface area contributed by atoms with Gasteiger partial charge in [0.25, 0.3) is 5.91 Å². The van der Waals surface area contributed by atoms with Gasteiger partial charge in [-0.25, -0.2) is 0 Å². The Morgan fingerprint density at radius 1 is 1.10 bits per heavy atom. The van der Waals surface area contributed by atoms with Gasteiger partial charge in [0.15, 0.2) is 0 Å². The van der Waals surface area contributed by atoms with Gasteiger partial charge in [0.2, 0.25) is 0 Å². The number of carbonyl (C=O) groups excluding carboxylic acids is 1. The number of nitrogens with one attached hydrogen (secondary N) is 2. The number of hydrogen-bond acceptors (Lipinski definition) is 3. The summed E-state index contributed by atoms with van der Waals surface area (Å²) in [5.41, 5.74) is 2.42. The maximum atomic E-state index is 12.1. The Bertz CT molecular complexity index is 665. The van der Waals surface area contributed by atoms with Gasteiger partial charge < -0.3 is 10.6 Å². The molecular weight excluding hydrogens is 262 g/mol. The quantitative estimate of drug-likeness (QED) is 0.907. The van der Waals surface area contributed by atoms with Gasteiger partial charge in [0.05, 0.1) is 0 Å². The van der Waals surface area contributed by atoms with Crippen LogP contribution in [0.5, 0.6) is 0 Å². The SMILES string of the molecule is O=C(Nc1cccc(C2=NCCCN2)c1)c1ccccc1. The molecule has 0 aromatic heterocycles. The predicted molar refractivity (Wildman–Crippen MR) is 84.9 cm³/mol. The first-order valence-electron chi connectivity index (χ1n) is 7.08. The lowest BCUT2D eigenvalue weighted by Gasteiger charge is -2.15. The van der Waals surface area contributed by atoms with Crippen molar-refractivity contribution in [1.82, 2.24) is 5.32 Å². The van der Waals surface area contributed by atoms with E-state index in [1.807, 2.05) is 42.5 Å². The second-order valence-corrected chi connectivity index (χ2v) is 4.91. The highest BCUT2D eigenvalue weighted by atomic mass is 16.1. The minimum atomic E-state index is -0.105. The molecule has 0 spiro atoms. The number of amidine groups is 1. The molecule has 0 bridgehead atoms. The molecule has 2 aromatic rings. The standard InChI is InChI=1S/C17H17N3O/c21-17(13-6-2-1-3-7-13)20-15-9-4-8-14(12-15)16-18-10-5-11-19-16/h1-4,6-9,12H,5,10-11H2,(H,18,19)(H,20,21). The minimum Gasteiger partial charge on any atom is -0.370 e. The van der Waals surface area contributed by atoms with E-state index in [9.17, 15) is 4.79 Å². The molecule has 2 N–H and O–H groups in total. The molecule has 1 heterocycles. The maximum absolute atomic E-state index is 12.1. The smallest absolute Gasteiger partial charge is 0.255 e. The maximum Gasteiger partial charge on any atom is 0.255 e. The Morgan fingerprint density at radius 2 is 1.95 bits per heavy atom. The van der Waals surface area contributed by atoms with Crippen molar-refractivity contribution in [3.8, 4) is 0 Å². The fourth-order valence-electron chi connectivity index (χ4n) is 2.26. The fourth-order valence-corrected chi connectivity index (χ4v) is 2.26. The van der Waals surface area contributed by atoms with Crippen LogP contribution < -0.4 is 10.6 Å². The molecule has 1 aliphatic heterocycles. The van der Waals surface area contributed by atoms with Crippen molar-refractivity contribution in [2.45, 2.75) is 6.42 Å². The molecule has 0 aliphatic carbocycles. The monoisotopic (exact) mass is 279 g/mol. The number of carbonyl (C=O) groups is 1. The van der Waals surface area contributed by atoms with E-state index in [0.29, 0.717) is 5.56 Å². The van der Waals surface area contributed by atoms with E-state index in [2.05, 4.69) is 15.6 Å². The van der Waals surface area contributed by atoms with Crippen molar-refractivity contribution in [3.05, 3.63) is 65.7 Å². The summed E-state index contributed by atoms with van der Waals surface area (Å²) in [6.07, 6.45) is 1.06. The summed E-state index contributed by atoms with van der Waals surface area (Å²) < 4.78 is 0. The molecule has 21 heavy (non-hydrogen) atoms. The lowest BCUT2D eigenvalue weighted by Crippen LogP contribution is -2.30. The lowest BCUT2D eigenvalue weighted by atomic mass is 10.1. The van der Waals surface area contributed by atoms with Crippen molar-refractivity contribution in [3.63, 3.8) is 0 Å². The molecule has 0 unspecified atom stereocenters. The highest BCUT2D eigenvalue weighted by Gasteiger charge is 2.09. The van der Waals surface area contributed by atoms with E-state index in [1.54, 1.807) is 12.1 Å². The summed E-state index contributed by atoms with van der Waals surface area (Å²) in [5.74, 6) is 0.795. The van der Waals surface area contributed by atoms with Gasteiger partial charge >= 0.3 is 0 Å². The lowest BCUT2D eigenvalue weighted by molar-refractivity contribution is 0.102. The molecule has 4 heteroatoms. The minimum absolute atomic E-state index is 0.105. The van der Waals surface area contributed by atoms with Gasteiger partial charge in [-0.2, -0.15) is 0 Å². The fraction of sp³-hybridized carbons (Fsp3) is 0.176. The Hall–Kier alpha value is -2.62. The number of nitrogens with zero attached hydrogens (tertiary/aromatic N) is 1. The topological polar surface area (TPSA) is 53.5 Å². The summed E-state index contributed by atoms with van der Waals surface area (Å²) >= 11 is 0. The zero-order valence-electron chi connectivity index (χ0n) is 11.7. The Kier molecular flexibility index (Phi) is 3.96. The Balaban J connectivity index is 1.77. The van der Waals surface area contributed by atoms with Crippen LogP contribution in [0.4, 0.5) is 5.69 Å². The number of benzene rings is 2. The molecule has 2 aromatic carbocycles. The van der Waals surface area contributed by atoms with Crippen molar-refractivity contribution in [1.29, 1.82) is 0 Å². The van der Waals surface area contributed by atoms with Crippen molar-refractivity contribution >= 4 is 17.4 Å². The third-order valence-electron chi connectivity index (χ3n) is 3.33. The van der Waals surface area contributed by atoms with Crippen molar-refractivity contribution in [2.24, 2.45) is 4.99 Å². The van der Waals surface area contributed by atoms with Crippen LogP contribution in [0.15, 0.2) is 59.6 Å². The number of hydrogen-bond donors (Lipinski definition) is 2. The van der Waals surface area contributed by atoms with E-state index in [1.165, 1.54) is 0 Å². The number of aliphatic imine (C=N–C) groups is 1. The van der Waals surface area contributed by atoms with Gasteiger partial charge in [0, 0.05) is 29.9 Å². The summed E-state index contributed by atoms with van der Waals surface area (Å²) in [6, 6.07) is 16.9. The number of anilines is 1. The van der Waals surface area contributed by atoms with Crippen LogP contribution in [-0.2, 0) is 0 Å². The zero-order chi connectivity index (χ0) is 14.5. The molecule has 0 fully saturated rings. The van der Waals surface area contributed by atoms with Crippen LogP contribution in [0.25, 0.3) is 0 Å². The largest absolute Gasteiger partial charge is 0.370 e. The van der Waals surface area contributed by atoms with E-state index < -0.39 is 0 Å². The Labute approximate surface area is 123 Å². The van der Waals surface area contributed by atoms with E-state index in [-0.39, 0.29) is 5.91 Å². The summed E-state index contributed by atoms with van der Waals surface area (Å²) in [6.45, 7) is 1.79. The first-order valence-corrected chi connectivity index (χ1v) is 7.08. The number of amides is 1. The zero-order valence-corrected chi connectivity index (χ0v) is 11.7. The predicted octanol–water partition coefficient (Wildman–Crippen LogP) is 2.68. The van der Waals surface area contributed by atoms with Crippen molar-refractivity contribution in [2.75, 3.05) is 18.4 Å². The van der Waals surface area contributed by atoms with E-state index >= 15 is 0 Å². The van der Waals surface area contributed by atoms with Crippen LogP contribution in [0.3, 0.4) is 0 Å². The third kappa shape index (κ3) is 3.28. The highest BCUT2D eigenvalue weighted by Crippen LogP contribution is 2.13.